The van der Waals surface area contributed by atoms with Gasteiger partial charge in [-0.05, 0) is 23.7 Å². The molecule has 3 heteroatoms. The van der Waals surface area contributed by atoms with Crippen LogP contribution in [-0.2, 0) is 0 Å². The summed E-state index contributed by atoms with van der Waals surface area (Å²) in [6.07, 6.45) is 1.58. The van der Waals surface area contributed by atoms with Gasteiger partial charge in [-0.3, -0.25) is 4.79 Å². The van der Waals surface area contributed by atoms with Gasteiger partial charge in [-0.15, -0.1) is 0 Å². The van der Waals surface area contributed by atoms with E-state index in [9.17, 15) is 4.79 Å². The van der Waals surface area contributed by atoms with Gasteiger partial charge in [0.2, 0.25) is 13.5 Å². The van der Waals surface area contributed by atoms with Gasteiger partial charge >= 0.3 is 0 Å². The van der Waals surface area contributed by atoms with Crippen molar-refractivity contribution in [2.75, 3.05) is 0 Å². The van der Waals surface area contributed by atoms with Crippen LogP contribution in [0.2, 0.25) is 0 Å². The molecule has 0 saturated heterocycles. The van der Waals surface area contributed by atoms with Crippen molar-refractivity contribution in [3.05, 3.63) is 34.2 Å². The van der Waals surface area contributed by atoms with E-state index in [-0.39, 0.29) is 5.56 Å². The average molecular weight is 147 g/mol. The number of pyridine rings is 1. The minimum absolute atomic E-state index is 0.156. The van der Waals surface area contributed by atoms with E-state index in [4.69, 9.17) is 7.98 Å². The molecule has 0 unspecified atom stereocenters. The molecule has 0 aliphatic rings. The highest BCUT2D eigenvalue weighted by atomic mass is 16.1. The Hall–Kier alpha value is -0.985. The van der Waals surface area contributed by atoms with Crippen molar-refractivity contribution in [2.45, 2.75) is 19.8 Å². The van der Waals surface area contributed by atoms with Crippen molar-refractivity contribution in [1.29, 1.82) is 0 Å². The topological polar surface area (TPSA) is 22.0 Å². The van der Waals surface area contributed by atoms with E-state index >= 15 is 0 Å². The maximum atomic E-state index is 11.0. The predicted molar refractivity (Wildman–Crippen MR) is 45.9 cm³/mol. The maximum Gasteiger partial charge on any atom is 0.238 e. The summed E-state index contributed by atoms with van der Waals surface area (Å²) in [6.45, 7) is 4.07. The molecule has 0 atom stereocenters. The Morgan fingerprint density at radius 3 is 2.64 bits per heavy atom. The molecule has 0 aliphatic carbocycles. The minimum atomic E-state index is -0.156. The first kappa shape index (κ1) is 8.11. The van der Waals surface area contributed by atoms with Gasteiger partial charge in [-0.2, -0.15) is 0 Å². The summed E-state index contributed by atoms with van der Waals surface area (Å²) in [6, 6.07) is 3.41. The Bertz CT molecular complexity index is 303. The summed E-state index contributed by atoms with van der Waals surface area (Å²) in [5, 5.41) is 0. The molecule has 2 radical (unpaired) electrons. The molecular weight excluding hydrogens is 137 g/mol. The van der Waals surface area contributed by atoms with Crippen LogP contribution in [-0.4, -0.2) is 12.5 Å². The molecule has 0 fully saturated rings. The van der Waals surface area contributed by atoms with E-state index in [0.29, 0.717) is 5.92 Å². The van der Waals surface area contributed by atoms with Gasteiger partial charge in [0, 0.05) is 6.07 Å². The smallest absolute Gasteiger partial charge is 0.238 e. The summed E-state index contributed by atoms with van der Waals surface area (Å²) in [5.41, 5.74) is 0.868. The maximum absolute atomic E-state index is 11.0. The first-order valence-electron chi connectivity index (χ1n) is 3.59. The Morgan fingerprint density at radius 2 is 2.18 bits per heavy atom. The fraction of sp³-hybridized carbons (Fsp3) is 0.375. The molecule has 0 saturated carbocycles. The summed E-state index contributed by atoms with van der Waals surface area (Å²) < 4.78 is 1.08. The zero-order valence-electron chi connectivity index (χ0n) is 6.74. The lowest BCUT2D eigenvalue weighted by molar-refractivity contribution is 0.856. The van der Waals surface area contributed by atoms with E-state index in [0.717, 1.165) is 10.0 Å². The molecule has 56 valence electrons. The van der Waals surface area contributed by atoms with Gasteiger partial charge in [0.1, 0.15) is 0 Å². The number of rotatable bonds is 1. The van der Waals surface area contributed by atoms with E-state index in [1.807, 2.05) is 19.9 Å². The third-order valence-corrected chi connectivity index (χ3v) is 1.64. The van der Waals surface area contributed by atoms with Crippen molar-refractivity contribution < 1.29 is 0 Å². The largest absolute Gasteiger partial charge is 0.371 e. The van der Waals surface area contributed by atoms with Crippen molar-refractivity contribution in [2.24, 2.45) is 0 Å². The molecule has 1 rings (SSSR count). The first-order chi connectivity index (χ1) is 5.11. The molecule has 1 aromatic rings. The fourth-order valence-corrected chi connectivity index (χ4v) is 0.864. The second kappa shape index (κ2) is 2.95. The van der Waals surface area contributed by atoms with Crippen LogP contribution < -0.4 is 5.56 Å². The van der Waals surface area contributed by atoms with E-state index in [2.05, 4.69) is 0 Å². The molecule has 2 nitrogen and oxygen atoms in total. The normalized spacial score (nSPS) is 10.5. The van der Waals surface area contributed by atoms with Gasteiger partial charge in [-0.1, -0.05) is 13.8 Å². The van der Waals surface area contributed by atoms with Crippen LogP contribution in [0.25, 0.3) is 0 Å². The van der Waals surface area contributed by atoms with Crippen molar-refractivity contribution in [3.8, 4) is 0 Å². The van der Waals surface area contributed by atoms with Gasteiger partial charge in [0.25, 0.3) is 0 Å². The van der Waals surface area contributed by atoms with Gasteiger partial charge in [-0.25, -0.2) is 0 Å². The zero-order chi connectivity index (χ0) is 8.43. The van der Waals surface area contributed by atoms with Crippen LogP contribution in [0, 0.1) is 0 Å². The van der Waals surface area contributed by atoms with Crippen LogP contribution in [0.4, 0.5) is 0 Å². The van der Waals surface area contributed by atoms with Crippen LogP contribution in [0.5, 0.6) is 0 Å². The quantitative estimate of drug-likeness (QED) is 0.541. The molecule has 0 aliphatic heterocycles. The molecule has 1 aromatic heterocycles. The van der Waals surface area contributed by atoms with E-state index in [1.54, 1.807) is 12.3 Å². The van der Waals surface area contributed by atoms with Gasteiger partial charge in [0.15, 0.2) is 0 Å². The van der Waals surface area contributed by atoms with Crippen LogP contribution >= 0.6 is 0 Å². The standard InChI is InChI=1S/C8H10BNO/c1-6(2)7-3-4-10(9)8(11)5-7/h3-6H,1-2H3. The van der Waals surface area contributed by atoms with Gasteiger partial charge in [0.05, 0.1) is 0 Å². The Balaban J connectivity index is 3.16. The molecule has 0 amide bonds. The summed E-state index contributed by atoms with van der Waals surface area (Å²) in [5.74, 6) is 0.379. The van der Waals surface area contributed by atoms with Crippen LogP contribution in [0.1, 0.15) is 25.3 Å². The zero-order valence-corrected chi connectivity index (χ0v) is 6.74. The predicted octanol–water partition coefficient (Wildman–Crippen LogP) is 0.903. The lowest BCUT2D eigenvalue weighted by Crippen LogP contribution is -2.17. The number of nitrogens with zero attached hydrogens (tertiary/aromatic N) is 1. The molecule has 0 bridgehead atoms. The second-order valence-electron chi connectivity index (χ2n) is 2.86. The van der Waals surface area contributed by atoms with Gasteiger partial charge < -0.3 is 4.48 Å². The first-order valence-corrected chi connectivity index (χ1v) is 3.59. The van der Waals surface area contributed by atoms with Crippen LogP contribution in [0.3, 0.4) is 0 Å². The van der Waals surface area contributed by atoms with Crippen molar-refractivity contribution >= 4 is 7.98 Å². The number of hydrogen-bond donors (Lipinski definition) is 0. The number of hydrogen-bond acceptors (Lipinski definition) is 1. The third-order valence-electron chi connectivity index (χ3n) is 1.64. The van der Waals surface area contributed by atoms with E-state index < -0.39 is 0 Å². The molecular formula is C8H10BNO. The number of aromatic nitrogens is 1. The Labute approximate surface area is 67.3 Å². The molecule has 0 spiro atoms. The molecule has 11 heavy (non-hydrogen) atoms. The summed E-state index contributed by atoms with van der Waals surface area (Å²) in [7, 11) is 5.29. The second-order valence-corrected chi connectivity index (χ2v) is 2.86. The highest BCUT2D eigenvalue weighted by Crippen LogP contribution is 2.09. The lowest BCUT2D eigenvalue weighted by Gasteiger charge is -2.04. The van der Waals surface area contributed by atoms with E-state index in [1.165, 1.54) is 0 Å². The minimum Gasteiger partial charge on any atom is -0.371 e. The monoisotopic (exact) mass is 147 g/mol. The fourth-order valence-electron chi connectivity index (χ4n) is 0.864. The van der Waals surface area contributed by atoms with Crippen molar-refractivity contribution in [3.63, 3.8) is 0 Å². The SMILES string of the molecule is [B]n1ccc(C(C)C)cc1=O. The highest BCUT2D eigenvalue weighted by Gasteiger charge is 1.98. The molecule has 0 aromatic carbocycles. The highest BCUT2D eigenvalue weighted by molar-refractivity contribution is 6.06. The molecule has 0 N–H and O–H groups in total. The average Bonchev–Trinajstić information content (AvgIpc) is 1.94. The third kappa shape index (κ3) is 1.73. The Morgan fingerprint density at radius 1 is 1.55 bits per heavy atom. The Kier molecular flexibility index (Phi) is 2.18. The van der Waals surface area contributed by atoms with Crippen molar-refractivity contribution in [1.82, 2.24) is 4.48 Å². The summed E-state index contributed by atoms with van der Waals surface area (Å²) in [4.78, 5) is 11.0. The lowest BCUT2D eigenvalue weighted by atomic mass is 10.1. The van der Waals surface area contributed by atoms with Crippen LogP contribution in [0.15, 0.2) is 23.1 Å². The molecule has 1 heterocycles. The summed E-state index contributed by atoms with van der Waals surface area (Å²) >= 11 is 0.